The molecule has 7 atom stereocenters. The molecule has 2 aromatic rings. The fraction of sp³-hybridized carbons (Fsp3) is 0.606. The number of hydrogen-bond donors (Lipinski definition) is 3. The Morgan fingerprint density at radius 2 is 1.95 bits per heavy atom. The number of rotatable bonds is 7. The molecule has 6 rings (SSSR count). The number of carbonyl (C=O) groups excluding carboxylic acids is 2. The topological polar surface area (TPSA) is 113 Å². The number of allylic oxidation sites excluding steroid dienone is 2. The summed E-state index contributed by atoms with van der Waals surface area (Å²) in [5.74, 6) is 1.07. The number of nitrogens with one attached hydrogen (secondary N) is 2. The maximum atomic E-state index is 12.7. The number of hydrogen-bond acceptors (Lipinski definition) is 6. The van der Waals surface area contributed by atoms with Gasteiger partial charge in [-0.2, -0.15) is 0 Å². The molecular weight excluding hydrogens is 518 g/mol. The van der Waals surface area contributed by atoms with Gasteiger partial charge in [-0.25, -0.2) is 4.79 Å². The SMILES string of the molecule is COC(=O)C(Cc1c[nH]c2ccccc12)NC(=O)CON=C1C=C2CC[C@H]3[C@@H]4CC[C@@H](O)[C@@]4(C)CC[C@@H]3[C@@]2(C)CC1. The highest BCUT2D eigenvalue weighted by molar-refractivity contribution is 5.96. The zero-order valence-electron chi connectivity index (χ0n) is 24.4. The molecule has 1 heterocycles. The van der Waals surface area contributed by atoms with Gasteiger partial charge in [0.25, 0.3) is 5.91 Å². The molecular formula is C33H43N3O5. The molecule has 0 saturated heterocycles. The molecule has 220 valence electrons. The Kier molecular flexibility index (Phi) is 7.47. The fourth-order valence-electron chi connectivity index (χ4n) is 8.88. The normalized spacial score (nSPS) is 34.2. The first-order valence-corrected chi connectivity index (χ1v) is 15.2. The van der Waals surface area contributed by atoms with Crippen LogP contribution >= 0.6 is 0 Å². The van der Waals surface area contributed by atoms with Crippen LogP contribution in [0, 0.1) is 28.6 Å². The van der Waals surface area contributed by atoms with E-state index in [-0.39, 0.29) is 23.5 Å². The van der Waals surface area contributed by atoms with Crippen molar-refractivity contribution in [2.45, 2.75) is 83.8 Å². The molecule has 3 saturated carbocycles. The molecule has 3 N–H and O–H groups in total. The molecule has 41 heavy (non-hydrogen) atoms. The van der Waals surface area contributed by atoms with Crippen molar-refractivity contribution in [3.8, 4) is 0 Å². The van der Waals surface area contributed by atoms with Gasteiger partial charge in [0.15, 0.2) is 6.61 Å². The van der Waals surface area contributed by atoms with Crippen LogP contribution in [0.25, 0.3) is 10.9 Å². The van der Waals surface area contributed by atoms with Crippen molar-refractivity contribution < 1.29 is 24.3 Å². The average Bonchev–Trinajstić information content (AvgIpc) is 3.52. The number of benzene rings is 1. The number of aromatic nitrogens is 1. The lowest BCUT2D eigenvalue weighted by Gasteiger charge is -2.57. The number of esters is 1. The minimum absolute atomic E-state index is 0.0940. The lowest BCUT2D eigenvalue weighted by atomic mass is 9.47. The maximum absolute atomic E-state index is 12.7. The first-order valence-electron chi connectivity index (χ1n) is 15.2. The highest BCUT2D eigenvalue weighted by atomic mass is 16.6. The van der Waals surface area contributed by atoms with Crippen LogP contribution in [-0.2, 0) is 25.6 Å². The van der Waals surface area contributed by atoms with Gasteiger partial charge in [-0.05, 0) is 97.7 Å². The Balaban J connectivity index is 1.07. The van der Waals surface area contributed by atoms with Gasteiger partial charge in [-0.1, -0.05) is 42.8 Å². The Bertz CT molecular complexity index is 1380. The molecule has 1 aromatic heterocycles. The zero-order chi connectivity index (χ0) is 28.8. The molecule has 0 spiro atoms. The number of aromatic amines is 1. The van der Waals surface area contributed by atoms with E-state index < -0.39 is 17.9 Å². The summed E-state index contributed by atoms with van der Waals surface area (Å²) in [5, 5.41) is 18.8. The Morgan fingerprint density at radius 3 is 2.78 bits per heavy atom. The van der Waals surface area contributed by atoms with Gasteiger partial charge >= 0.3 is 5.97 Å². The van der Waals surface area contributed by atoms with Gasteiger partial charge < -0.3 is 25.0 Å². The van der Waals surface area contributed by atoms with Gasteiger partial charge in [0.2, 0.25) is 0 Å². The maximum Gasteiger partial charge on any atom is 0.328 e. The third-order valence-corrected chi connectivity index (χ3v) is 11.2. The minimum atomic E-state index is -0.825. The van der Waals surface area contributed by atoms with Gasteiger partial charge in [0, 0.05) is 23.5 Å². The predicted molar refractivity (Wildman–Crippen MR) is 157 cm³/mol. The quantitative estimate of drug-likeness (QED) is 0.323. The number of nitrogens with zero attached hydrogens (tertiary/aromatic N) is 1. The van der Waals surface area contributed by atoms with Crippen LogP contribution in [0.4, 0.5) is 0 Å². The summed E-state index contributed by atoms with van der Waals surface area (Å²) >= 11 is 0. The van der Waals surface area contributed by atoms with E-state index in [0.717, 1.165) is 60.7 Å². The van der Waals surface area contributed by atoms with Crippen molar-refractivity contribution in [1.82, 2.24) is 10.3 Å². The van der Waals surface area contributed by atoms with Crippen molar-refractivity contribution in [2.24, 2.45) is 33.7 Å². The smallest absolute Gasteiger partial charge is 0.328 e. The van der Waals surface area contributed by atoms with Crippen LogP contribution in [-0.4, -0.2) is 53.5 Å². The molecule has 1 aromatic carbocycles. The summed E-state index contributed by atoms with van der Waals surface area (Å²) in [6, 6.07) is 7.02. The summed E-state index contributed by atoms with van der Waals surface area (Å²) in [6.45, 7) is 4.50. The number of ether oxygens (including phenoxy) is 1. The van der Waals surface area contributed by atoms with Crippen molar-refractivity contribution in [2.75, 3.05) is 13.7 Å². The highest BCUT2D eigenvalue weighted by Crippen LogP contribution is 2.65. The molecule has 4 aliphatic carbocycles. The largest absolute Gasteiger partial charge is 0.467 e. The number of methoxy groups -OCH3 is 1. The van der Waals surface area contributed by atoms with Crippen molar-refractivity contribution in [3.05, 3.63) is 47.7 Å². The molecule has 0 aliphatic heterocycles. The monoisotopic (exact) mass is 561 g/mol. The molecule has 0 radical (unpaired) electrons. The van der Waals surface area contributed by atoms with Crippen molar-refractivity contribution in [3.63, 3.8) is 0 Å². The third-order valence-electron chi connectivity index (χ3n) is 11.2. The second-order valence-corrected chi connectivity index (χ2v) is 13.2. The molecule has 8 nitrogen and oxygen atoms in total. The van der Waals surface area contributed by atoms with Crippen LogP contribution in [0.2, 0.25) is 0 Å². The van der Waals surface area contributed by atoms with E-state index in [1.54, 1.807) is 0 Å². The Morgan fingerprint density at radius 1 is 1.12 bits per heavy atom. The Labute approximate surface area is 241 Å². The first-order chi connectivity index (χ1) is 19.7. The van der Waals surface area contributed by atoms with Crippen LogP contribution in [0.3, 0.4) is 0 Å². The number of oxime groups is 1. The van der Waals surface area contributed by atoms with E-state index in [4.69, 9.17) is 9.57 Å². The lowest BCUT2D eigenvalue weighted by Crippen LogP contribution is -2.51. The molecule has 3 fully saturated rings. The third kappa shape index (κ3) is 4.98. The Hall–Kier alpha value is -3.13. The van der Waals surface area contributed by atoms with Gasteiger partial charge in [0.05, 0.1) is 18.9 Å². The zero-order valence-corrected chi connectivity index (χ0v) is 24.4. The van der Waals surface area contributed by atoms with Crippen molar-refractivity contribution >= 4 is 28.5 Å². The van der Waals surface area contributed by atoms with Gasteiger partial charge in [-0.15, -0.1) is 0 Å². The number of para-hydroxylation sites is 1. The highest BCUT2D eigenvalue weighted by Gasteiger charge is 2.58. The fourth-order valence-corrected chi connectivity index (χ4v) is 8.88. The summed E-state index contributed by atoms with van der Waals surface area (Å²) in [7, 11) is 1.32. The predicted octanol–water partition coefficient (Wildman–Crippen LogP) is 5.06. The number of aliphatic hydroxyl groups is 1. The molecule has 8 heteroatoms. The number of aliphatic hydroxyl groups excluding tert-OH is 1. The van der Waals surface area contributed by atoms with Crippen LogP contribution < -0.4 is 5.32 Å². The number of H-pyrrole nitrogens is 1. The second kappa shape index (κ2) is 10.9. The van der Waals surface area contributed by atoms with Crippen LogP contribution in [0.5, 0.6) is 0 Å². The molecule has 1 amide bonds. The second-order valence-electron chi connectivity index (χ2n) is 13.2. The van der Waals surface area contributed by atoms with E-state index in [0.29, 0.717) is 24.2 Å². The van der Waals surface area contributed by atoms with Gasteiger partial charge in [0.1, 0.15) is 6.04 Å². The number of carbonyl (C=O) groups is 2. The number of amides is 1. The standard InChI is InChI=1S/C33H43N3O5/c1-32-14-12-22(17-21(32)8-9-24-25-10-11-29(37)33(25,2)15-13-26(24)32)36-41-19-30(38)35-28(31(39)40-3)16-20-18-34-27-7-5-4-6-23(20)27/h4-7,17-18,24-26,28-29,34,37H,8-16,19H2,1-3H3,(H,35,38)/t24-,25-,26-,28?,29+,32-,33-/m0/s1. The van der Waals surface area contributed by atoms with E-state index in [2.05, 4.69) is 35.4 Å². The van der Waals surface area contributed by atoms with Crippen LogP contribution in [0.15, 0.2) is 47.3 Å². The minimum Gasteiger partial charge on any atom is -0.467 e. The van der Waals surface area contributed by atoms with Gasteiger partial charge in [-0.3, -0.25) is 4.79 Å². The molecule has 0 bridgehead atoms. The summed E-state index contributed by atoms with van der Waals surface area (Å²) < 4.78 is 4.95. The molecule has 1 unspecified atom stereocenters. The first kappa shape index (κ1) is 28.0. The summed E-state index contributed by atoms with van der Waals surface area (Å²) in [6.07, 6.45) is 12.8. The van der Waals surface area contributed by atoms with Crippen LogP contribution in [0.1, 0.15) is 70.8 Å². The van der Waals surface area contributed by atoms with E-state index in [9.17, 15) is 14.7 Å². The van der Waals surface area contributed by atoms with E-state index >= 15 is 0 Å². The van der Waals surface area contributed by atoms with E-state index in [1.807, 2.05) is 30.5 Å². The van der Waals surface area contributed by atoms with Crippen molar-refractivity contribution in [1.29, 1.82) is 0 Å². The average molecular weight is 562 g/mol. The molecule has 4 aliphatic rings. The lowest BCUT2D eigenvalue weighted by molar-refractivity contribution is -0.145. The summed E-state index contributed by atoms with van der Waals surface area (Å²) in [4.78, 5) is 33.9. The summed E-state index contributed by atoms with van der Waals surface area (Å²) in [5.41, 5.74) is 4.51. The number of fused-ring (bicyclic) bond motifs is 6. The van der Waals surface area contributed by atoms with E-state index in [1.165, 1.54) is 25.5 Å².